The molecule has 0 saturated carbocycles. The van der Waals surface area contributed by atoms with Crippen LogP contribution >= 0.6 is 11.8 Å². The summed E-state index contributed by atoms with van der Waals surface area (Å²) in [6.45, 7) is 2.01. The zero-order valence-electron chi connectivity index (χ0n) is 7.11. The highest BCUT2D eigenvalue weighted by Crippen LogP contribution is 2.16. The molecule has 0 saturated heterocycles. The Bertz CT molecular complexity index is 406. The van der Waals surface area contributed by atoms with Gasteiger partial charge in [-0.2, -0.15) is 0 Å². The van der Waals surface area contributed by atoms with Gasteiger partial charge in [-0.25, -0.2) is 4.98 Å². The SMILES string of the molecule is CSc1ccn2cc(C)nc2c1. The van der Waals surface area contributed by atoms with Gasteiger partial charge < -0.3 is 4.40 Å². The van der Waals surface area contributed by atoms with E-state index in [9.17, 15) is 0 Å². The zero-order chi connectivity index (χ0) is 8.55. The average Bonchev–Trinajstić information content (AvgIpc) is 2.43. The topological polar surface area (TPSA) is 17.3 Å². The van der Waals surface area contributed by atoms with Crippen LogP contribution < -0.4 is 0 Å². The van der Waals surface area contributed by atoms with Gasteiger partial charge in [0, 0.05) is 17.3 Å². The smallest absolute Gasteiger partial charge is 0.138 e. The highest BCUT2D eigenvalue weighted by Gasteiger charge is 1.97. The van der Waals surface area contributed by atoms with Gasteiger partial charge in [0.05, 0.1) is 5.69 Å². The van der Waals surface area contributed by atoms with Gasteiger partial charge in [-0.05, 0) is 25.3 Å². The first-order valence-corrected chi connectivity index (χ1v) is 5.01. The molecule has 2 nitrogen and oxygen atoms in total. The number of hydrogen-bond acceptors (Lipinski definition) is 2. The van der Waals surface area contributed by atoms with Crippen LogP contribution in [0.25, 0.3) is 5.65 Å². The van der Waals surface area contributed by atoms with Crippen LogP contribution in [0.15, 0.2) is 29.4 Å². The van der Waals surface area contributed by atoms with E-state index in [-0.39, 0.29) is 0 Å². The van der Waals surface area contributed by atoms with E-state index in [0.717, 1.165) is 11.3 Å². The summed E-state index contributed by atoms with van der Waals surface area (Å²) in [4.78, 5) is 5.63. The van der Waals surface area contributed by atoms with E-state index in [0.29, 0.717) is 0 Å². The zero-order valence-corrected chi connectivity index (χ0v) is 7.93. The van der Waals surface area contributed by atoms with Gasteiger partial charge in [-0.1, -0.05) is 0 Å². The van der Waals surface area contributed by atoms with Crippen molar-refractivity contribution in [3.63, 3.8) is 0 Å². The molecule has 0 spiro atoms. The van der Waals surface area contributed by atoms with Crippen molar-refractivity contribution in [2.24, 2.45) is 0 Å². The van der Waals surface area contributed by atoms with Crippen molar-refractivity contribution in [2.75, 3.05) is 6.26 Å². The summed E-state index contributed by atoms with van der Waals surface area (Å²) in [6.07, 6.45) is 6.14. The Balaban J connectivity index is 2.66. The Kier molecular flexibility index (Phi) is 1.81. The highest BCUT2D eigenvalue weighted by molar-refractivity contribution is 7.98. The molecule has 2 heterocycles. The summed E-state index contributed by atoms with van der Waals surface area (Å²) in [6, 6.07) is 4.19. The maximum Gasteiger partial charge on any atom is 0.138 e. The second-order valence-corrected chi connectivity index (χ2v) is 3.59. The Morgan fingerprint density at radius 1 is 1.50 bits per heavy atom. The number of rotatable bonds is 1. The summed E-state index contributed by atoms with van der Waals surface area (Å²) < 4.78 is 2.04. The third-order valence-electron chi connectivity index (χ3n) is 1.79. The van der Waals surface area contributed by atoms with Crippen LogP contribution in [0.5, 0.6) is 0 Å². The van der Waals surface area contributed by atoms with Crippen molar-refractivity contribution in [3.05, 3.63) is 30.2 Å². The predicted molar refractivity (Wildman–Crippen MR) is 51.7 cm³/mol. The minimum atomic E-state index is 1.03. The highest BCUT2D eigenvalue weighted by atomic mass is 32.2. The lowest BCUT2D eigenvalue weighted by Gasteiger charge is -1.95. The molecular formula is C9H10N2S. The summed E-state index contributed by atoms with van der Waals surface area (Å²) in [7, 11) is 0. The van der Waals surface area contributed by atoms with E-state index in [1.54, 1.807) is 11.8 Å². The number of hydrogen-bond donors (Lipinski definition) is 0. The molecule has 0 aliphatic carbocycles. The maximum atomic E-state index is 4.37. The molecule has 2 aromatic heterocycles. The molecule has 0 N–H and O–H groups in total. The van der Waals surface area contributed by atoms with Crippen LogP contribution in [0.1, 0.15) is 5.69 Å². The lowest BCUT2D eigenvalue weighted by Crippen LogP contribution is -1.81. The number of imidazole rings is 1. The van der Waals surface area contributed by atoms with Crippen molar-refractivity contribution >= 4 is 17.4 Å². The molecule has 0 fully saturated rings. The fraction of sp³-hybridized carbons (Fsp3) is 0.222. The van der Waals surface area contributed by atoms with E-state index < -0.39 is 0 Å². The average molecular weight is 178 g/mol. The number of fused-ring (bicyclic) bond motifs is 1. The Morgan fingerprint density at radius 2 is 2.33 bits per heavy atom. The van der Waals surface area contributed by atoms with Gasteiger partial charge in [-0.3, -0.25) is 0 Å². The van der Waals surface area contributed by atoms with Crippen LogP contribution in [-0.4, -0.2) is 15.6 Å². The first-order chi connectivity index (χ1) is 5.79. The maximum absolute atomic E-state index is 4.37. The van der Waals surface area contributed by atoms with Gasteiger partial charge in [0.1, 0.15) is 5.65 Å². The molecule has 0 amide bonds. The summed E-state index contributed by atoms with van der Waals surface area (Å²) in [5.41, 5.74) is 2.09. The number of aryl methyl sites for hydroxylation is 1. The first-order valence-electron chi connectivity index (χ1n) is 3.79. The second kappa shape index (κ2) is 2.83. The molecule has 2 aromatic rings. The van der Waals surface area contributed by atoms with Crippen LogP contribution in [0.3, 0.4) is 0 Å². The van der Waals surface area contributed by atoms with E-state index in [1.165, 1.54) is 4.90 Å². The van der Waals surface area contributed by atoms with Gasteiger partial charge in [0.15, 0.2) is 0 Å². The van der Waals surface area contributed by atoms with Crippen molar-refractivity contribution in [3.8, 4) is 0 Å². The van der Waals surface area contributed by atoms with Gasteiger partial charge in [0.2, 0.25) is 0 Å². The molecule has 0 unspecified atom stereocenters. The van der Waals surface area contributed by atoms with Gasteiger partial charge in [-0.15, -0.1) is 11.8 Å². The molecule has 2 rings (SSSR count). The van der Waals surface area contributed by atoms with E-state index in [4.69, 9.17) is 0 Å². The van der Waals surface area contributed by atoms with E-state index >= 15 is 0 Å². The van der Waals surface area contributed by atoms with Gasteiger partial charge in [0.25, 0.3) is 0 Å². The molecule has 0 aliphatic heterocycles. The molecule has 62 valence electrons. The predicted octanol–water partition coefficient (Wildman–Crippen LogP) is 2.36. The summed E-state index contributed by atoms with van der Waals surface area (Å²) in [5, 5.41) is 0. The molecular weight excluding hydrogens is 168 g/mol. The van der Waals surface area contributed by atoms with Crippen LogP contribution in [0.4, 0.5) is 0 Å². The molecule has 0 radical (unpaired) electrons. The Hall–Kier alpha value is -0.960. The van der Waals surface area contributed by atoms with Crippen molar-refractivity contribution in [1.29, 1.82) is 0 Å². The molecule has 0 aromatic carbocycles. The summed E-state index contributed by atoms with van der Waals surface area (Å²) in [5.74, 6) is 0. The standard InChI is InChI=1S/C9H10N2S/c1-7-6-11-4-3-8(12-2)5-9(11)10-7/h3-6H,1-2H3. The number of thioether (sulfide) groups is 1. The molecule has 0 atom stereocenters. The Morgan fingerprint density at radius 3 is 3.08 bits per heavy atom. The van der Waals surface area contributed by atoms with Crippen molar-refractivity contribution in [2.45, 2.75) is 11.8 Å². The second-order valence-electron chi connectivity index (χ2n) is 2.71. The van der Waals surface area contributed by atoms with E-state index in [1.807, 2.05) is 23.7 Å². The monoisotopic (exact) mass is 178 g/mol. The number of aromatic nitrogens is 2. The van der Waals surface area contributed by atoms with Crippen molar-refractivity contribution in [1.82, 2.24) is 9.38 Å². The van der Waals surface area contributed by atoms with Crippen molar-refractivity contribution < 1.29 is 0 Å². The van der Waals surface area contributed by atoms with E-state index in [2.05, 4.69) is 23.4 Å². The number of pyridine rings is 1. The lowest BCUT2D eigenvalue weighted by molar-refractivity contribution is 1.16. The largest absolute Gasteiger partial charge is 0.307 e. The summed E-state index contributed by atoms with van der Waals surface area (Å²) >= 11 is 1.74. The Labute approximate surface area is 75.6 Å². The number of nitrogens with zero attached hydrogens (tertiary/aromatic N) is 2. The van der Waals surface area contributed by atoms with Crippen LogP contribution in [-0.2, 0) is 0 Å². The fourth-order valence-corrected chi connectivity index (χ4v) is 1.64. The molecule has 0 aliphatic rings. The fourth-order valence-electron chi connectivity index (χ4n) is 1.22. The van der Waals surface area contributed by atoms with Gasteiger partial charge >= 0.3 is 0 Å². The minimum absolute atomic E-state index is 1.03. The van der Waals surface area contributed by atoms with Crippen LogP contribution in [0, 0.1) is 6.92 Å². The molecule has 12 heavy (non-hydrogen) atoms. The molecule has 3 heteroatoms. The quantitative estimate of drug-likeness (QED) is 0.624. The minimum Gasteiger partial charge on any atom is -0.307 e. The molecule has 0 bridgehead atoms. The first kappa shape index (κ1) is 7.68. The van der Waals surface area contributed by atoms with Crippen LogP contribution in [0.2, 0.25) is 0 Å². The third kappa shape index (κ3) is 1.20. The normalized spacial score (nSPS) is 10.8. The third-order valence-corrected chi connectivity index (χ3v) is 2.51. The lowest BCUT2D eigenvalue weighted by atomic mass is 10.5.